The van der Waals surface area contributed by atoms with E-state index in [0.717, 1.165) is 0 Å². The molecule has 0 radical (unpaired) electrons. The van der Waals surface area contributed by atoms with E-state index in [4.69, 9.17) is 14.2 Å². The van der Waals surface area contributed by atoms with Gasteiger partial charge in [-0.2, -0.15) is 0 Å². The average molecular weight is 404 g/mol. The molecule has 2 N–H and O–H groups in total. The van der Waals surface area contributed by atoms with Gasteiger partial charge in [0.05, 0.1) is 13.7 Å². The van der Waals surface area contributed by atoms with Crippen LogP contribution in [0, 0.1) is 5.82 Å². The molecule has 0 saturated heterocycles. The van der Waals surface area contributed by atoms with E-state index in [1.807, 2.05) is 0 Å². The number of halogens is 1. The second-order valence-electron chi connectivity index (χ2n) is 6.18. The number of esters is 1. The van der Waals surface area contributed by atoms with Gasteiger partial charge in [-0.15, -0.1) is 0 Å². The molecular formula is C20H21FN2O6. The Morgan fingerprint density at radius 2 is 2.00 bits per heavy atom. The average Bonchev–Trinajstić information content (AvgIpc) is 2.72. The highest BCUT2D eigenvalue weighted by atomic mass is 19.1. The zero-order valence-electron chi connectivity index (χ0n) is 15.8. The van der Waals surface area contributed by atoms with Crippen LogP contribution < -0.4 is 20.1 Å². The number of carbonyl (C=O) groups excluding carboxylic acids is 2. The first kappa shape index (κ1) is 20.4. The number of fused-ring (bicyclic) bond motifs is 1. The van der Waals surface area contributed by atoms with E-state index in [2.05, 4.69) is 15.4 Å². The molecule has 0 spiro atoms. The maximum Gasteiger partial charge on any atom is 0.343 e. The quantitative estimate of drug-likeness (QED) is 0.689. The third-order valence-electron chi connectivity index (χ3n) is 4.13. The minimum atomic E-state index is -0.482. The lowest BCUT2D eigenvalue weighted by atomic mass is 10.1. The van der Waals surface area contributed by atoms with Crippen molar-refractivity contribution < 1.29 is 32.9 Å². The Morgan fingerprint density at radius 3 is 2.76 bits per heavy atom. The van der Waals surface area contributed by atoms with Crippen LogP contribution in [0.25, 0.3) is 0 Å². The molecule has 8 nitrogen and oxygen atoms in total. The first-order valence-corrected chi connectivity index (χ1v) is 8.91. The highest BCUT2D eigenvalue weighted by molar-refractivity contribution is 5.89. The maximum absolute atomic E-state index is 13.7. The van der Waals surface area contributed by atoms with Crippen molar-refractivity contribution in [2.24, 2.45) is 0 Å². The highest BCUT2D eigenvalue weighted by Gasteiger charge is 2.17. The molecule has 0 saturated carbocycles. The van der Waals surface area contributed by atoms with Crippen molar-refractivity contribution in [1.82, 2.24) is 5.32 Å². The van der Waals surface area contributed by atoms with E-state index >= 15 is 0 Å². The van der Waals surface area contributed by atoms with Gasteiger partial charge in [0, 0.05) is 17.8 Å². The molecule has 0 fully saturated rings. The number of methoxy groups -OCH3 is 1. The number of rotatable bonds is 7. The van der Waals surface area contributed by atoms with E-state index in [0.29, 0.717) is 47.9 Å². The van der Waals surface area contributed by atoms with Crippen molar-refractivity contribution in [3.63, 3.8) is 0 Å². The fourth-order valence-electron chi connectivity index (χ4n) is 2.76. The summed E-state index contributed by atoms with van der Waals surface area (Å²) in [6, 6.07) is 8.91. The molecular weight excluding hydrogens is 383 g/mol. The van der Waals surface area contributed by atoms with Crippen LogP contribution >= 0.6 is 0 Å². The maximum atomic E-state index is 13.7. The summed E-state index contributed by atoms with van der Waals surface area (Å²) in [4.78, 5) is 23.1. The number of hydrogen-bond donors (Lipinski definition) is 2. The minimum absolute atomic E-state index is 0.124. The molecule has 1 aliphatic heterocycles. The lowest BCUT2D eigenvalue weighted by molar-refractivity contribution is -0.142. The van der Waals surface area contributed by atoms with Crippen LogP contribution in [0.4, 0.5) is 14.9 Å². The van der Waals surface area contributed by atoms with E-state index in [-0.39, 0.29) is 19.2 Å². The van der Waals surface area contributed by atoms with Crippen LogP contribution in [-0.4, -0.2) is 39.1 Å². The summed E-state index contributed by atoms with van der Waals surface area (Å²) < 4.78 is 34.1. The number of carbonyl (C=O) groups is 2. The molecule has 0 aliphatic carbocycles. The molecule has 2 aromatic rings. The topological polar surface area (TPSA) is 95.1 Å². The van der Waals surface area contributed by atoms with E-state index in [1.165, 1.54) is 19.2 Å². The van der Waals surface area contributed by atoms with Crippen molar-refractivity contribution in [3.8, 4) is 11.5 Å². The van der Waals surface area contributed by atoms with Gasteiger partial charge in [0.1, 0.15) is 17.3 Å². The standard InChI is InChI=1S/C20H21FN2O6/c1-26-18(24)11-28-17-4-2-16(3-5-17)23-20(25)22-7-6-13-8-15(21)9-14-10-27-12-29-19(13)14/h2-5,8-9H,6-7,10-12H2,1H3,(H2,22,23,25). The van der Waals surface area contributed by atoms with Gasteiger partial charge in [-0.25, -0.2) is 14.0 Å². The molecule has 0 bridgehead atoms. The van der Waals surface area contributed by atoms with Crippen molar-refractivity contribution in [2.75, 3.05) is 32.4 Å². The fourth-order valence-corrected chi connectivity index (χ4v) is 2.76. The number of benzene rings is 2. The van der Waals surface area contributed by atoms with Gasteiger partial charge in [0.25, 0.3) is 0 Å². The first-order chi connectivity index (χ1) is 14.0. The molecule has 1 aliphatic rings. The highest BCUT2D eigenvalue weighted by Crippen LogP contribution is 2.29. The summed E-state index contributed by atoms with van der Waals surface area (Å²) >= 11 is 0. The number of ether oxygens (including phenoxy) is 4. The molecule has 154 valence electrons. The van der Waals surface area contributed by atoms with Crippen LogP contribution in [0.15, 0.2) is 36.4 Å². The molecule has 29 heavy (non-hydrogen) atoms. The predicted octanol–water partition coefficient (Wildman–Crippen LogP) is 2.61. The summed E-state index contributed by atoms with van der Waals surface area (Å²) in [5, 5.41) is 5.40. The van der Waals surface area contributed by atoms with Crippen LogP contribution in [0.5, 0.6) is 11.5 Å². The number of anilines is 1. The number of amides is 2. The lowest BCUT2D eigenvalue weighted by Crippen LogP contribution is -2.30. The van der Waals surface area contributed by atoms with E-state index in [1.54, 1.807) is 24.3 Å². The van der Waals surface area contributed by atoms with Crippen LogP contribution in [-0.2, 0) is 27.3 Å². The molecule has 0 atom stereocenters. The second kappa shape index (κ2) is 9.74. The Labute approximate surface area is 166 Å². The van der Waals surface area contributed by atoms with Crippen molar-refractivity contribution in [1.29, 1.82) is 0 Å². The largest absolute Gasteiger partial charge is 0.482 e. The van der Waals surface area contributed by atoms with E-state index in [9.17, 15) is 14.0 Å². The molecule has 0 unspecified atom stereocenters. The number of nitrogens with one attached hydrogen (secondary N) is 2. The summed E-state index contributed by atoms with van der Waals surface area (Å²) in [7, 11) is 1.28. The van der Waals surface area contributed by atoms with Crippen molar-refractivity contribution in [3.05, 3.63) is 53.3 Å². The summed E-state index contributed by atoms with van der Waals surface area (Å²) in [6.45, 7) is 0.530. The van der Waals surface area contributed by atoms with Crippen LogP contribution in [0.1, 0.15) is 11.1 Å². The van der Waals surface area contributed by atoms with Gasteiger partial charge in [-0.3, -0.25) is 0 Å². The van der Waals surface area contributed by atoms with Gasteiger partial charge in [0.2, 0.25) is 0 Å². The molecule has 1 heterocycles. The zero-order chi connectivity index (χ0) is 20.6. The predicted molar refractivity (Wildman–Crippen MR) is 101 cm³/mol. The minimum Gasteiger partial charge on any atom is -0.482 e. The third-order valence-corrected chi connectivity index (χ3v) is 4.13. The van der Waals surface area contributed by atoms with Crippen LogP contribution in [0.3, 0.4) is 0 Å². The summed E-state index contributed by atoms with van der Waals surface area (Å²) in [5.74, 6) is 0.236. The molecule has 9 heteroatoms. The van der Waals surface area contributed by atoms with Gasteiger partial charge in [-0.05, 0) is 48.4 Å². The summed E-state index contributed by atoms with van der Waals surface area (Å²) in [6.07, 6.45) is 0.411. The Balaban J connectivity index is 1.47. The first-order valence-electron chi connectivity index (χ1n) is 8.91. The molecule has 3 rings (SSSR count). The fraction of sp³-hybridized carbons (Fsp3) is 0.300. The molecule has 0 aromatic heterocycles. The zero-order valence-corrected chi connectivity index (χ0v) is 15.8. The smallest absolute Gasteiger partial charge is 0.343 e. The van der Waals surface area contributed by atoms with Crippen molar-refractivity contribution in [2.45, 2.75) is 13.0 Å². The third kappa shape index (κ3) is 5.82. The second-order valence-corrected chi connectivity index (χ2v) is 6.18. The molecule has 2 aromatic carbocycles. The van der Waals surface area contributed by atoms with Crippen molar-refractivity contribution >= 4 is 17.7 Å². The monoisotopic (exact) mass is 404 g/mol. The van der Waals surface area contributed by atoms with E-state index < -0.39 is 12.0 Å². The Hall–Kier alpha value is -3.33. The summed E-state index contributed by atoms with van der Waals surface area (Å²) in [5.41, 5.74) is 1.89. The molecule has 2 amide bonds. The van der Waals surface area contributed by atoms with Gasteiger partial charge < -0.3 is 29.6 Å². The normalized spacial score (nSPS) is 12.3. The number of urea groups is 1. The number of hydrogen-bond acceptors (Lipinski definition) is 6. The Bertz CT molecular complexity index is 872. The van der Waals surface area contributed by atoms with Gasteiger partial charge in [0.15, 0.2) is 13.4 Å². The lowest BCUT2D eigenvalue weighted by Gasteiger charge is -2.21. The Morgan fingerprint density at radius 1 is 1.21 bits per heavy atom. The van der Waals surface area contributed by atoms with Crippen LogP contribution in [0.2, 0.25) is 0 Å². The van der Waals surface area contributed by atoms with Gasteiger partial charge >= 0.3 is 12.0 Å². The SMILES string of the molecule is COC(=O)COc1ccc(NC(=O)NCCc2cc(F)cc3c2OCOC3)cc1. The van der Waals surface area contributed by atoms with Gasteiger partial charge in [-0.1, -0.05) is 0 Å². The Kier molecular flexibility index (Phi) is 6.85.